The van der Waals surface area contributed by atoms with Gasteiger partial charge in [-0.1, -0.05) is 118 Å². The lowest BCUT2D eigenvalue weighted by molar-refractivity contribution is 0.607. The van der Waals surface area contributed by atoms with E-state index in [2.05, 4.69) is 143 Å². The molecule has 0 atom stereocenters. The van der Waals surface area contributed by atoms with Gasteiger partial charge in [-0.2, -0.15) is 0 Å². The van der Waals surface area contributed by atoms with E-state index < -0.39 is 0 Å². The predicted molar refractivity (Wildman–Crippen MR) is 163 cm³/mol. The van der Waals surface area contributed by atoms with Crippen LogP contribution in [0.15, 0.2) is 109 Å². The third kappa shape index (κ3) is 4.02. The van der Waals surface area contributed by atoms with E-state index in [1.165, 1.54) is 57.4 Å². The topological polar surface area (TPSA) is 12.0 Å². The second-order valence-electron chi connectivity index (χ2n) is 11.9. The van der Waals surface area contributed by atoms with Crippen LogP contribution in [0.3, 0.4) is 0 Å². The zero-order valence-electron chi connectivity index (χ0n) is 23.2. The fourth-order valence-electron chi connectivity index (χ4n) is 6.58. The van der Waals surface area contributed by atoms with Gasteiger partial charge >= 0.3 is 0 Å². The zero-order valence-corrected chi connectivity index (χ0v) is 23.2. The number of benzene rings is 4. The van der Waals surface area contributed by atoms with Crippen molar-refractivity contribution in [3.63, 3.8) is 0 Å². The normalized spacial score (nSPS) is 17.1. The molecular formula is C37H37N. The van der Waals surface area contributed by atoms with E-state index in [-0.39, 0.29) is 10.8 Å². The molecule has 0 aromatic heterocycles. The quantitative estimate of drug-likeness (QED) is 0.292. The summed E-state index contributed by atoms with van der Waals surface area (Å²) in [6.45, 7) is 11.4. The van der Waals surface area contributed by atoms with Gasteiger partial charge in [0.25, 0.3) is 0 Å². The van der Waals surface area contributed by atoms with Gasteiger partial charge < -0.3 is 5.32 Å². The second-order valence-corrected chi connectivity index (χ2v) is 11.9. The van der Waals surface area contributed by atoms with Crippen LogP contribution < -0.4 is 5.32 Å². The highest BCUT2D eigenvalue weighted by molar-refractivity contribution is 5.86. The predicted octanol–water partition coefficient (Wildman–Crippen LogP) is 10.1. The van der Waals surface area contributed by atoms with E-state index in [1.54, 1.807) is 5.57 Å². The molecule has 3 aliphatic rings. The smallest absolute Gasteiger partial charge is 0.0387 e. The van der Waals surface area contributed by atoms with Gasteiger partial charge in [0.2, 0.25) is 0 Å². The molecule has 0 fully saturated rings. The first-order valence-electron chi connectivity index (χ1n) is 13.8. The Kier molecular flexibility index (Phi) is 5.91. The molecule has 0 saturated carbocycles. The Morgan fingerprint density at radius 3 is 1.95 bits per heavy atom. The molecule has 0 spiro atoms. The molecular weight excluding hydrogens is 458 g/mol. The number of nitrogens with one attached hydrogen (secondary N) is 1. The van der Waals surface area contributed by atoms with Gasteiger partial charge in [-0.25, -0.2) is 0 Å². The van der Waals surface area contributed by atoms with E-state index in [1.807, 2.05) is 0 Å². The minimum absolute atomic E-state index is 0.0525. The summed E-state index contributed by atoms with van der Waals surface area (Å²) in [6.07, 6.45) is 7.05. The summed E-state index contributed by atoms with van der Waals surface area (Å²) in [5.74, 6) is 0. The van der Waals surface area contributed by atoms with E-state index in [0.29, 0.717) is 0 Å². The van der Waals surface area contributed by atoms with Crippen molar-refractivity contribution in [1.82, 2.24) is 0 Å². The van der Waals surface area contributed by atoms with Crippen LogP contribution in [0.4, 0.5) is 11.4 Å². The molecule has 0 saturated heterocycles. The monoisotopic (exact) mass is 495 g/mol. The van der Waals surface area contributed by atoms with Crippen molar-refractivity contribution in [2.75, 3.05) is 5.32 Å². The number of rotatable bonds is 2. The van der Waals surface area contributed by atoms with Crippen LogP contribution in [0.1, 0.15) is 68.4 Å². The number of aryl methyl sites for hydroxylation is 1. The van der Waals surface area contributed by atoms with Gasteiger partial charge in [-0.15, -0.1) is 0 Å². The highest BCUT2D eigenvalue weighted by Gasteiger charge is 2.37. The van der Waals surface area contributed by atoms with Crippen molar-refractivity contribution in [1.29, 1.82) is 0 Å². The summed E-state index contributed by atoms with van der Waals surface area (Å²) in [6, 6.07) is 32.8. The first kappa shape index (κ1) is 24.5. The summed E-state index contributed by atoms with van der Waals surface area (Å²) in [5, 5.41) is 3.53. The highest BCUT2D eigenvalue weighted by Crippen LogP contribution is 2.50. The maximum atomic E-state index is 3.53. The number of allylic oxidation sites excluding steroid dienone is 4. The van der Waals surface area contributed by atoms with Crippen molar-refractivity contribution >= 4 is 16.9 Å². The summed E-state index contributed by atoms with van der Waals surface area (Å²) in [7, 11) is 0. The van der Waals surface area contributed by atoms with Gasteiger partial charge in [-0.05, 0) is 83.0 Å². The minimum atomic E-state index is 0.0525. The molecule has 0 aliphatic heterocycles. The maximum Gasteiger partial charge on any atom is 0.0387 e. The van der Waals surface area contributed by atoms with Crippen molar-refractivity contribution in [2.45, 2.75) is 58.3 Å². The summed E-state index contributed by atoms with van der Waals surface area (Å²) < 4.78 is 0. The van der Waals surface area contributed by atoms with Crippen LogP contribution in [-0.2, 0) is 10.8 Å². The fraction of sp³-hybridized carbons (Fsp3) is 0.243. The average Bonchev–Trinajstić information content (AvgIpc) is 3.31. The van der Waals surface area contributed by atoms with Gasteiger partial charge in [0, 0.05) is 22.2 Å². The summed E-state index contributed by atoms with van der Waals surface area (Å²) in [4.78, 5) is 0. The first-order chi connectivity index (χ1) is 18.3. The Labute approximate surface area is 228 Å². The third-order valence-electron chi connectivity index (χ3n) is 8.74. The molecule has 38 heavy (non-hydrogen) atoms. The molecule has 1 heteroatoms. The number of fused-ring (bicyclic) bond motifs is 5. The van der Waals surface area contributed by atoms with E-state index in [9.17, 15) is 0 Å². The Morgan fingerprint density at radius 2 is 1.21 bits per heavy atom. The van der Waals surface area contributed by atoms with Crippen LogP contribution >= 0.6 is 0 Å². The van der Waals surface area contributed by atoms with Crippen LogP contribution in [-0.4, -0.2) is 0 Å². The van der Waals surface area contributed by atoms with Gasteiger partial charge in [0.05, 0.1) is 0 Å². The summed E-state index contributed by atoms with van der Waals surface area (Å²) >= 11 is 0. The molecule has 0 amide bonds. The third-order valence-corrected chi connectivity index (χ3v) is 8.74. The molecule has 1 nitrogen and oxygen atoms in total. The Morgan fingerprint density at radius 1 is 0.605 bits per heavy atom. The van der Waals surface area contributed by atoms with Gasteiger partial charge in [0.1, 0.15) is 0 Å². The average molecular weight is 496 g/mol. The van der Waals surface area contributed by atoms with Crippen molar-refractivity contribution in [3.8, 4) is 11.1 Å². The molecule has 7 rings (SSSR count). The summed E-state index contributed by atoms with van der Waals surface area (Å²) in [5.41, 5.74) is 15.5. The lowest BCUT2D eigenvalue weighted by atomic mass is 9.79. The molecule has 4 aromatic rings. The highest BCUT2D eigenvalue weighted by atomic mass is 14.9. The molecule has 190 valence electrons. The Balaban J connectivity index is 0.000000152. The van der Waals surface area contributed by atoms with Crippen LogP contribution in [0.25, 0.3) is 16.7 Å². The van der Waals surface area contributed by atoms with Crippen LogP contribution in [0, 0.1) is 6.92 Å². The van der Waals surface area contributed by atoms with E-state index in [4.69, 9.17) is 0 Å². The molecule has 0 heterocycles. The van der Waals surface area contributed by atoms with E-state index >= 15 is 0 Å². The van der Waals surface area contributed by atoms with Crippen molar-refractivity contribution < 1.29 is 0 Å². The first-order valence-corrected chi connectivity index (χ1v) is 13.8. The Bertz CT molecular complexity index is 1580. The molecule has 1 N–H and O–H groups in total. The van der Waals surface area contributed by atoms with E-state index in [0.717, 1.165) is 11.4 Å². The lowest BCUT2D eigenvalue weighted by Crippen LogP contribution is -2.17. The molecule has 3 aliphatic carbocycles. The molecule has 4 aromatic carbocycles. The second kappa shape index (κ2) is 9.17. The number of hydrogen-bond acceptors (Lipinski definition) is 1. The molecule has 0 unspecified atom stereocenters. The molecule has 0 radical (unpaired) electrons. The van der Waals surface area contributed by atoms with Crippen LogP contribution in [0.2, 0.25) is 0 Å². The largest absolute Gasteiger partial charge is 0.356 e. The van der Waals surface area contributed by atoms with Gasteiger partial charge in [-0.3, -0.25) is 0 Å². The SMILES string of the molecule is CC1(C)C2=C(C=CCC2)c2ccccc21.Cc1ccc(Nc2ccc3c(c2)C(C)(C)c2ccccc2-3)cc1. The number of anilines is 2. The maximum absolute atomic E-state index is 3.53. The standard InChI is InChI=1S/C22H21N.C15H16/c1-15-8-10-16(11-9-15)23-17-12-13-19-18-6-4-5-7-20(18)22(2,3)21(19)14-17;1-15(2)13-9-5-3-7-11(13)12-8-4-6-10-14(12)15/h4-14,23H,1-3H3;3-5,7-9H,6,10H2,1-2H3. The number of hydrogen-bond donors (Lipinski definition) is 1. The lowest BCUT2D eigenvalue weighted by Gasteiger charge is -2.25. The van der Waals surface area contributed by atoms with Crippen molar-refractivity contribution in [2.24, 2.45) is 0 Å². The molecule has 0 bridgehead atoms. The van der Waals surface area contributed by atoms with Gasteiger partial charge in [0.15, 0.2) is 0 Å². The zero-order chi connectivity index (χ0) is 26.5. The Hall–Kier alpha value is -3.84. The fourth-order valence-corrected chi connectivity index (χ4v) is 6.58. The van der Waals surface area contributed by atoms with Crippen molar-refractivity contribution in [3.05, 3.63) is 137 Å². The van der Waals surface area contributed by atoms with Crippen LogP contribution in [0.5, 0.6) is 0 Å². The minimum Gasteiger partial charge on any atom is -0.356 e.